The van der Waals surface area contributed by atoms with E-state index in [1.165, 1.54) is 0 Å². The third-order valence-electron chi connectivity index (χ3n) is 3.14. The third-order valence-corrected chi connectivity index (χ3v) is 3.14. The van der Waals surface area contributed by atoms with Gasteiger partial charge in [0.1, 0.15) is 11.6 Å². The zero-order chi connectivity index (χ0) is 14.5. The summed E-state index contributed by atoms with van der Waals surface area (Å²) in [5.74, 6) is 1.51. The zero-order valence-corrected chi connectivity index (χ0v) is 12.1. The van der Waals surface area contributed by atoms with Gasteiger partial charge in [0.2, 0.25) is 0 Å². The van der Waals surface area contributed by atoms with Crippen molar-refractivity contribution >= 4 is 5.91 Å². The van der Waals surface area contributed by atoms with Gasteiger partial charge >= 0.3 is 0 Å². The van der Waals surface area contributed by atoms with Gasteiger partial charge in [0.15, 0.2) is 0 Å². The van der Waals surface area contributed by atoms with Crippen LogP contribution in [0.25, 0.3) is 0 Å². The number of rotatable bonds is 5. The van der Waals surface area contributed by atoms with E-state index < -0.39 is 0 Å². The van der Waals surface area contributed by atoms with Gasteiger partial charge in [-0.2, -0.15) is 0 Å². The van der Waals surface area contributed by atoms with E-state index in [-0.39, 0.29) is 5.91 Å². The van der Waals surface area contributed by atoms with Crippen molar-refractivity contribution in [3.63, 3.8) is 0 Å². The van der Waals surface area contributed by atoms with E-state index in [0.717, 1.165) is 24.6 Å². The smallest absolute Gasteiger partial charge is 0.257 e. The summed E-state index contributed by atoms with van der Waals surface area (Å²) in [5.41, 5.74) is 0.499. The van der Waals surface area contributed by atoms with Crippen LogP contribution in [0.15, 0.2) is 24.8 Å². The van der Waals surface area contributed by atoms with Crippen LogP contribution in [0.1, 0.15) is 35.9 Å². The summed E-state index contributed by atoms with van der Waals surface area (Å²) < 4.78 is 2.01. The van der Waals surface area contributed by atoms with E-state index in [2.05, 4.69) is 15.0 Å². The van der Waals surface area contributed by atoms with E-state index in [4.69, 9.17) is 0 Å². The number of carbonyl (C=O) groups is 1. The molecule has 0 spiro atoms. The molecule has 0 unspecified atom stereocenters. The van der Waals surface area contributed by atoms with Crippen LogP contribution < -0.4 is 0 Å². The van der Waals surface area contributed by atoms with E-state index >= 15 is 0 Å². The lowest BCUT2D eigenvalue weighted by atomic mass is 10.3. The summed E-state index contributed by atoms with van der Waals surface area (Å²) in [6.07, 6.45) is 7.58. The summed E-state index contributed by atoms with van der Waals surface area (Å²) >= 11 is 0. The molecule has 0 atom stereocenters. The topological polar surface area (TPSA) is 63.9 Å². The van der Waals surface area contributed by atoms with Crippen molar-refractivity contribution in [1.29, 1.82) is 0 Å². The molecule has 2 aromatic heterocycles. The molecule has 0 N–H and O–H groups in total. The van der Waals surface area contributed by atoms with Gasteiger partial charge in [-0.3, -0.25) is 4.79 Å². The molecule has 2 aromatic rings. The zero-order valence-electron chi connectivity index (χ0n) is 12.1. The molecule has 0 bridgehead atoms. The maximum Gasteiger partial charge on any atom is 0.257 e. The number of carbonyl (C=O) groups excluding carboxylic acids is 1. The lowest BCUT2D eigenvalue weighted by Gasteiger charge is -2.17. The Bertz CT molecular complexity index is 576. The first-order valence-electron chi connectivity index (χ1n) is 6.72. The number of hydrogen-bond donors (Lipinski definition) is 0. The molecule has 0 aliphatic heterocycles. The highest BCUT2D eigenvalue weighted by molar-refractivity contribution is 5.93. The summed E-state index contributed by atoms with van der Waals surface area (Å²) in [6, 6.07) is 0. The Morgan fingerprint density at radius 2 is 1.95 bits per heavy atom. The highest BCUT2D eigenvalue weighted by Gasteiger charge is 2.15. The third kappa shape index (κ3) is 3.01. The Kier molecular flexibility index (Phi) is 4.45. The molecule has 0 saturated carbocycles. The van der Waals surface area contributed by atoms with Crippen molar-refractivity contribution < 1.29 is 4.79 Å². The van der Waals surface area contributed by atoms with E-state index in [1.54, 1.807) is 30.5 Å². The largest absolute Gasteiger partial charge is 0.334 e. The van der Waals surface area contributed by atoms with Crippen LogP contribution in [0.3, 0.4) is 0 Å². The molecule has 0 saturated heterocycles. The molecule has 0 aromatic carbocycles. The van der Waals surface area contributed by atoms with Crippen LogP contribution >= 0.6 is 0 Å². The monoisotopic (exact) mass is 273 g/mol. The van der Waals surface area contributed by atoms with Crippen LogP contribution in [-0.4, -0.2) is 37.4 Å². The van der Waals surface area contributed by atoms with E-state index in [1.807, 2.05) is 24.6 Å². The molecule has 0 radical (unpaired) electrons. The Balaban J connectivity index is 2.08. The molecule has 20 heavy (non-hydrogen) atoms. The second kappa shape index (κ2) is 6.27. The van der Waals surface area contributed by atoms with Gasteiger partial charge in [-0.05, 0) is 6.92 Å². The van der Waals surface area contributed by atoms with Crippen molar-refractivity contribution in [2.75, 3.05) is 7.05 Å². The number of nitrogens with zero attached hydrogens (tertiary/aromatic N) is 5. The molecular formula is C14H19N5O. The number of imidazole rings is 1. The quantitative estimate of drug-likeness (QED) is 0.828. The van der Waals surface area contributed by atoms with Gasteiger partial charge in [0, 0.05) is 44.8 Å². The molecule has 6 heteroatoms. The average molecular weight is 273 g/mol. The first kappa shape index (κ1) is 14.2. The lowest BCUT2D eigenvalue weighted by molar-refractivity contribution is 0.0779. The SMILES string of the molecule is CCc1ncc(C(=O)N(C)Cc2nccn2CC)cn1. The fourth-order valence-electron chi connectivity index (χ4n) is 1.93. The molecular weight excluding hydrogens is 254 g/mol. The molecule has 0 aliphatic rings. The molecule has 1 amide bonds. The van der Waals surface area contributed by atoms with Crippen LogP contribution in [0.2, 0.25) is 0 Å². The summed E-state index contributed by atoms with van der Waals surface area (Å²) in [7, 11) is 1.75. The van der Waals surface area contributed by atoms with Gasteiger partial charge in [-0.25, -0.2) is 15.0 Å². The van der Waals surface area contributed by atoms with E-state index in [0.29, 0.717) is 12.1 Å². The maximum atomic E-state index is 12.3. The predicted molar refractivity (Wildman–Crippen MR) is 75.1 cm³/mol. The van der Waals surface area contributed by atoms with Gasteiger partial charge in [-0.15, -0.1) is 0 Å². The Labute approximate surface area is 118 Å². The average Bonchev–Trinajstić information content (AvgIpc) is 2.93. The number of hydrogen-bond acceptors (Lipinski definition) is 4. The molecule has 0 fully saturated rings. The van der Waals surface area contributed by atoms with Gasteiger partial charge in [0.25, 0.3) is 5.91 Å². The van der Waals surface area contributed by atoms with Crippen molar-refractivity contribution in [1.82, 2.24) is 24.4 Å². The molecule has 106 valence electrons. The minimum Gasteiger partial charge on any atom is -0.334 e. The van der Waals surface area contributed by atoms with Crippen LogP contribution in [0, 0.1) is 0 Å². The first-order valence-corrected chi connectivity index (χ1v) is 6.72. The summed E-state index contributed by atoms with van der Waals surface area (Å²) in [4.78, 5) is 26.5. The number of aromatic nitrogens is 4. The predicted octanol–water partition coefficient (Wildman–Crippen LogP) is 1.53. The lowest BCUT2D eigenvalue weighted by Crippen LogP contribution is -2.28. The van der Waals surface area contributed by atoms with Crippen molar-refractivity contribution in [3.05, 3.63) is 42.0 Å². The first-order chi connectivity index (χ1) is 9.65. The van der Waals surface area contributed by atoms with Gasteiger partial charge in [0.05, 0.1) is 12.1 Å². The second-order valence-electron chi connectivity index (χ2n) is 4.53. The van der Waals surface area contributed by atoms with Crippen LogP contribution in [0.5, 0.6) is 0 Å². The minimum absolute atomic E-state index is 0.0988. The number of aryl methyl sites for hydroxylation is 2. The van der Waals surface area contributed by atoms with E-state index in [9.17, 15) is 4.79 Å². The summed E-state index contributed by atoms with van der Waals surface area (Å²) in [6.45, 7) is 5.33. The Morgan fingerprint density at radius 1 is 1.25 bits per heavy atom. The second-order valence-corrected chi connectivity index (χ2v) is 4.53. The highest BCUT2D eigenvalue weighted by atomic mass is 16.2. The fourth-order valence-corrected chi connectivity index (χ4v) is 1.93. The summed E-state index contributed by atoms with van der Waals surface area (Å²) in [5, 5.41) is 0. The molecule has 0 aliphatic carbocycles. The van der Waals surface area contributed by atoms with Gasteiger partial charge in [-0.1, -0.05) is 6.92 Å². The standard InChI is InChI=1S/C14H19N5O/c1-4-12-16-8-11(9-17-12)14(20)18(3)10-13-15-6-7-19(13)5-2/h6-9H,4-5,10H2,1-3H3. The van der Waals surface area contributed by atoms with Crippen LogP contribution in [-0.2, 0) is 19.5 Å². The van der Waals surface area contributed by atoms with Crippen molar-refractivity contribution in [2.45, 2.75) is 33.4 Å². The Morgan fingerprint density at radius 3 is 2.55 bits per heavy atom. The van der Waals surface area contributed by atoms with Crippen molar-refractivity contribution in [2.24, 2.45) is 0 Å². The highest BCUT2D eigenvalue weighted by Crippen LogP contribution is 2.06. The van der Waals surface area contributed by atoms with Crippen LogP contribution in [0.4, 0.5) is 0 Å². The Hall–Kier alpha value is -2.24. The normalized spacial score (nSPS) is 10.6. The van der Waals surface area contributed by atoms with Gasteiger partial charge < -0.3 is 9.47 Å². The number of amides is 1. The molecule has 2 rings (SSSR count). The minimum atomic E-state index is -0.0988. The maximum absolute atomic E-state index is 12.3. The molecule has 6 nitrogen and oxygen atoms in total. The molecule has 2 heterocycles. The fraction of sp³-hybridized carbons (Fsp3) is 0.429. The van der Waals surface area contributed by atoms with Crippen molar-refractivity contribution in [3.8, 4) is 0 Å².